The number of amides is 1. The van der Waals surface area contributed by atoms with E-state index in [-0.39, 0.29) is 18.2 Å². The van der Waals surface area contributed by atoms with E-state index in [9.17, 15) is 9.90 Å². The van der Waals surface area contributed by atoms with E-state index in [4.69, 9.17) is 0 Å². The second-order valence-electron chi connectivity index (χ2n) is 4.43. The Labute approximate surface area is 96.5 Å². The number of hydrogen-bond donors (Lipinski definition) is 2. The largest absolute Gasteiger partial charge is 0.392 e. The Bertz CT molecular complexity index is 343. The summed E-state index contributed by atoms with van der Waals surface area (Å²) >= 11 is 0. The fourth-order valence-corrected chi connectivity index (χ4v) is 1.27. The van der Waals surface area contributed by atoms with Gasteiger partial charge in [-0.1, -0.05) is 31.5 Å². The van der Waals surface area contributed by atoms with Crippen LogP contribution in [0.2, 0.25) is 0 Å². The average Bonchev–Trinajstić information content (AvgIpc) is 2.21. The summed E-state index contributed by atoms with van der Waals surface area (Å²) in [5.41, 5.74) is 1.92. The first-order valence-electron chi connectivity index (χ1n) is 5.53. The van der Waals surface area contributed by atoms with Crippen LogP contribution in [0.1, 0.15) is 25.8 Å². The number of hydrogen-bond acceptors (Lipinski definition) is 2. The zero-order valence-corrected chi connectivity index (χ0v) is 10.0. The van der Waals surface area contributed by atoms with Crippen molar-refractivity contribution in [2.45, 2.75) is 33.3 Å². The highest BCUT2D eigenvalue weighted by molar-refractivity contribution is 5.90. The monoisotopic (exact) mass is 221 g/mol. The maximum absolute atomic E-state index is 11.5. The lowest BCUT2D eigenvalue weighted by molar-refractivity contribution is -0.118. The summed E-state index contributed by atoms with van der Waals surface area (Å²) in [7, 11) is 0. The number of aliphatic hydroxyl groups is 1. The van der Waals surface area contributed by atoms with Crippen LogP contribution in [-0.4, -0.2) is 17.1 Å². The molecule has 2 N–H and O–H groups in total. The second kappa shape index (κ2) is 5.66. The molecule has 3 heteroatoms. The molecule has 1 unspecified atom stereocenters. The molecule has 3 nitrogen and oxygen atoms in total. The number of carbonyl (C=O) groups excluding carboxylic acids is 1. The molecule has 0 aliphatic rings. The standard InChI is InChI=1S/C13H19NO2/c1-9(2)12(15)8-13(16)14-11-6-4-10(3)5-7-11/h4-7,9,12,15H,8H2,1-3H3,(H,14,16). The van der Waals surface area contributed by atoms with Gasteiger partial charge in [-0.05, 0) is 25.0 Å². The van der Waals surface area contributed by atoms with E-state index in [2.05, 4.69) is 5.32 Å². The highest BCUT2D eigenvalue weighted by atomic mass is 16.3. The Kier molecular flexibility index (Phi) is 4.50. The number of rotatable bonds is 4. The summed E-state index contributed by atoms with van der Waals surface area (Å²) in [6.07, 6.45) is -0.434. The smallest absolute Gasteiger partial charge is 0.226 e. The Hall–Kier alpha value is -1.35. The average molecular weight is 221 g/mol. The molecule has 88 valence electrons. The zero-order valence-electron chi connectivity index (χ0n) is 10.0. The van der Waals surface area contributed by atoms with Crippen molar-refractivity contribution < 1.29 is 9.90 Å². The van der Waals surface area contributed by atoms with Gasteiger partial charge in [0.05, 0.1) is 12.5 Å². The number of anilines is 1. The van der Waals surface area contributed by atoms with E-state index < -0.39 is 6.10 Å². The van der Waals surface area contributed by atoms with E-state index in [1.807, 2.05) is 45.0 Å². The minimum absolute atomic E-state index is 0.101. The molecule has 1 rings (SSSR count). The molecular formula is C13H19NO2. The maximum atomic E-state index is 11.5. The SMILES string of the molecule is Cc1ccc(NC(=O)CC(O)C(C)C)cc1. The molecule has 0 bridgehead atoms. The molecule has 0 aliphatic heterocycles. The van der Waals surface area contributed by atoms with E-state index in [1.54, 1.807) is 0 Å². The normalized spacial score (nSPS) is 12.6. The Balaban J connectivity index is 2.48. The van der Waals surface area contributed by atoms with E-state index in [0.29, 0.717) is 0 Å². The fourth-order valence-electron chi connectivity index (χ4n) is 1.27. The summed E-state index contributed by atoms with van der Waals surface area (Å²) in [6, 6.07) is 7.59. The molecule has 0 saturated heterocycles. The van der Waals surface area contributed by atoms with Gasteiger partial charge >= 0.3 is 0 Å². The van der Waals surface area contributed by atoms with Crippen molar-refractivity contribution in [2.24, 2.45) is 5.92 Å². The molecule has 1 amide bonds. The van der Waals surface area contributed by atoms with Gasteiger partial charge in [0, 0.05) is 5.69 Å². The molecule has 0 saturated carbocycles. The van der Waals surface area contributed by atoms with Crippen LogP contribution < -0.4 is 5.32 Å². The molecule has 1 aromatic rings. The molecule has 0 radical (unpaired) electrons. The lowest BCUT2D eigenvalue weighted by Crippen LogP contribution is -2.23. The number of carbonyl (C=O) groups is 1. The fraction of sp³-hybridized carbons (Fsp3) is 0.462. The van der Waals surface area contributed by atoms with Gasteiger partial charge < -0.3 is 10.4 Å². The number of nitrogens with one attached hydrogen (secondary N) is 1. The van der Waals surface area contributed by atoms with Crippen molar-refractivity contribution in [1.29, 1.82) is 0 Å². The third-order valence-corrected chi connectivity index (χ3v) is 2.50. The van der Waals surface area contributed by atoms with Crippen molar-refractivity contribution in [2.75, 3.05) is 5.32 Å². The van der Waals surface area contributed by atoms with Gasteiger partial charge in [0.2, 0.25) is 5.91 Å². The molecule has 1 aromatic carbocycles. The van der Waals surface area contributed by atoms with Gasteiger partial charge in [-0.25, -0.2) is 0 Å². The van der Waals surface area contributed by atoms with Crippen LogP contribution in [0, 0.1) is 12.8 Å². The minimum atomic E-state index is -0.578. The minimum Gasteiger partial charge on any atom is -0.392 e. The summed E-state index contributed by atoms with van der Waals surface area (Å²) in [5.74, 6) is -0.0474. The Morgan fingerprint density at radius 3 is 2.38 bits per heavy atom. The van der Waals surface area contributed by atoms with E-state index in [1.165, 1.54) is 0 Å². The zero-order chi connectivity index (χ0) is 12.1. The van der Waals surface area contributed by atoms with Crippen molar-refractivity contribution in [3.63, 3.8) is 0 Å². The van der Waals surface area contributed by atoms with Crippen LogP contribution in [0.25, 0.3) is 0 Å². The van der Waals surface area contributed by atoms with Crippen LogP contribution in [0.15, 0.2) is 24.3 Å². The van der Waals surface area contributed by atoms with Crippen molar-refractivity contribution >= 4 is 11.6 Å². The third-order valence-electron chi connectivity index (χ3n) is 2.50. The van der Waals surface area contributed by atoms with Crippen LogP contribution in [0.4, 0.5) is 5.69 Å². The molecule has 16 heavy (non-hydrogen) atoms. The highest BCUT2D eigenvalue weighted by Gasteiger charge is 2.14. The predicted octanol–water partition coefficient (Wildman–Crippen LogP) is 2.34. The second-order valence-corrected chi connectivity index (χ2v) is 4.43. The first-order chi connectivity index (χ1) is 7.49. The Morgan fingerprint density at radius 1 is 1.31 bits per heavy atom. The topological polar surface area (TPSA) is 49.3 Å². The van der Waals surface area contributed by atoms with Crippen molar-refractivity contribution in [3.8, 4) is 0 Å². The summed E-state index contributed by atoms with van der Waals surface area (Å²) in [6.45, 7) is 5.78. The lowest BCUT2D eigenvalue weighted by atomic mass is 10.0. The van der Waals surface area contributed by atoms with Gasteiger partial charge in [0.25, 0.3) is 0 Å². The van der Waals surface area contributed by atoms with Gasteiger partial charge in [-0.2, -0.15) is 0 Å². The predicted molar refractivity (Wildman–Crippen MR) is 65.3 cm³/mol. The third kappa shape index (κ3) is 4.03. The van der Waals surface area contributed by atoms with Crippen LogP contribution >= 0.6 is 0 Å². The number of benzene rings is 1. The summed E-state index contributed by atoms with van der Waals surface area (Å²) < 4.78 is 0. The lowest BCUT2D eigenvalue weighted by Gasteiger charge is -2.13. The van der Waals surface area contributed by atoms with E-state index >= 15 is 0 Å². The van der Waals surface area contributed by atoms with Crippen molar-refractivity contribution in [3.05, 3.63) is 29.8 Å². The first-order valence-corrected chi connectivity index (χ1v) is 5.53. The van der Waals surface area contributed by atoms with Crippen LogP contribution in [0.5, 0.6) is 0 Å². The quantitative estimate of drug-likeness (QED) is 0.820. The van der Waals surface area contributed by atoms with Gasteiger partial charge in [0.1, 0.15) is 0 Å². The van der Waals surface area contributed by atoms with Crippen LogP contribution in [0.3, 0.4) is 0 Å². The first kappa shape index (κ1) is 12.7. The van der Waals surface area contributed by atoms with Gasteiger partial charge in [-0.3, -0.25) is 4.79 Å². The molecule has 0 aromatic heterocycles. The van der Waals surface area contributed by atoms with Gasteiger partial charge in [-0.15, -0.1) is 0 Å². The van der Waals surface area contributed by atoms with Crippen LogP contribution in [-0.2, 0) is 4.79 Å². The van der Waals surface area contributed by atoms with Crippen molar-refractivity contribution in [1.82, 2.24) is 0 Å². The number of aryl methyl sites for hydroxylation is 1. The van der Waals surface area contributed by atoms with Gasteiger partial charge in [0.15, 0.2) is 0 Å². The molecule has 0 heterocycles. The summed E-state index contributed by atoms with van der Waals surface area (Å²) in [5, 5.41) is 12.3. The molecule has 0 fully saturated rings. The maximum Gasteiger partial charge on any atom is 0.226 e. The summed E-state index contributed by atoms with van der Waals surface area (Å²) in [4.78, 5) is 11.5. The number of aliphatic hydroxyl groups excluding tert-OH is 1. The van der Waals surface area contributed by atoms with E-state index in [0.717, 1.165) is 11.3 Å². The molecule has 1 atom stereocenters. The molecule has 0 aliphatic carbocycles. The molecular weight excluding hydrogens is 202 g/mol. The molecule has 0 spiro atoms. The Morgan fingerprint density at radius 2 is 1.88 bits per heavy atom. The highest BCUT2D eigenvalue weighted by Crippen LogP contribution is 2.11.